The zero-order valence-corrected chi connectivity index (χ0v) is 12.5. The molecule has 0 aromatic rings. The van der Waals surface area contributed by atoms with Crippen molar-refractivity contribution in [2.75, 3.05) is 33.7 Å². The molecule has 0 unspecified atom stereocenters. The molecule has 0 saturated heterocycles. The minimum absolute atomic E-state index is 0.570. The van der Waals surface area contributed by atoms with Crippen molar-refractivity contribution in [3.8, 4) is 0 Å². The third-order valence-electron chi connectivity index (χ3n) is 5.12. The van der Waals surface area contributed by atoms with Gasteiger partial charge in [0.15, 0.2) is 0 Å². The first-order valence-electron chi connectivity index (χ1n) is 8.07. The molecule has 0 amide bonds. The summed E-state index contributed by atoms with van der Waals surface area (Å²) in [7, 11) is 4.47. The summed E-state index contributed by atoms with van der Waals surface area (Å²) >= 11 is 0. The van der Waals surface area contributed by atoms with Gasteiger partial charge in [0.25, 0.3) is 0 Å². The second kappa shape index (κ2) is 6.91. The Hall–Kier alpha value is -0.0800. The smallest absolute Gasteiger partial charge is 0.00472 e. The minimum atomic E-state index is 0.570. The molecule has 2 rings (SSSR count). The molecule has 1 N–H and O–H groups in total. The Morgan fingerprint density at radius 1 is 1.06 bits per heavy atom. The lowest BCUT2D eigenvalue weighted by molar-refractivity contribution is 0.110. The molecular formula is C16H32N2. The molecule has 0 bridgehead atoms. The van der Waals surface area contributed by atoms with E-state index >= 15 is 0 Å². The molecule has 2 heteroatoms. The first kappa shape index (κ1) is 14.3. The highest BCUT2D eigenvalue weighted by Gasteiger charge is 2.33. The second-order valence-corrected chi connectivity index (χ2v) is 6.94. The highest BCUT2D eigenvalue weighted by Crippen LogP contribution is 2.37. The maximum atomic E-state index is 3.45. The van der Waals surface area contributed by atoms with Gasteiger partial charge in [-0.05, 0) is 51.1 Å². The Morgan fingerprint density at radius 3 is 2.33 bits per heavy atom. The van der Waals surface area contributed by atoms with E-state index in [1.54, 1.807) is 0 Å². The fourth-order valence-electron chi connectivity index (χ4n) is 4.34. The lowest BCUT2D eigenvalue weighted by Gasteiger charge is -2.40. The molecule has 18 heavy (non-hydrogen) atoms. The molecule has 0 radical (unpaired) electrons. The fraction of sp³-hybridized carbons (Fsp3) is 1.00. The van der Waals surface area contributed by atoms with Crippen LogP contribution < -0.4 is 5.32 Å². The van der Waals surface area contributed by atoms with E-state index < -0.39 is 0 Å². The van der Waals surface area contributed by atoms with Crippen LogP contribution in [0.3, 0.4) is 0 Å². The van der Waals surface area contributed by atoms with Gasteiger partial charge in [0.2, 0.25) is 0 Å². The van der Waals surface area contributed by atoms with Crippen molar-refractivity contribution in [3.63, 3.8) is 0 Å². The third kappa shape index (κ3) is 3.96. The van der Waals surface area contributed by atoms with E-state index in [0.29, 0.717) is 5.41 Å². The summed E-state index contributed by atoms with van der Waals surface area (Å²) in [5, 5.41) is 3.45. The molecule has 0 heterocycles. The molecule has 0 spiro atoms. The molecule has 0 atom stereocenters. The lowest BCUT2D eigenvalue weighted by atomic mass is 9.73. The molecule has 2 saturated carbocycles. The van der Waals surface area contributed by atoms with Crippen LogP contribution in [0.15, 0.2) is 0 Å². The van der Waals surface area contributed by atoms with Crippen LogP contribution in [0, 0.1) is 11.3 Å². The summed E-state index contributed by atoms with van der Waals surface area (Å²) in [4.78, 5) is 2.64. The van der Waals surface area contributed by atoms with E-state index in [4.69, 9.17) is 0 Å². The zero-order valence-electron chi connectivity index (χ0n) is 12.5. The van der Waals surface area contributed by atoms with Crippen molar-refractivity contribution < 1.29 is 0 Å². The molecule has 0 aromatic carbocycles. The van der Waals surface area contributed by atoms with Gasteiger partial charge >= 0.3 is 0 Å². The maximum Gasteiger partial charge on any atom is 0.00472 e. The standard InChI is InChI=1S/C16H32N2/c1-17-13-16(10-6-3-7-11-16)14-18(2)12-15-8-4-5-9-15/h15,17H,3-14H2,1-2H3. The number of rotatable bonds is 6. The van der Waals surface area contributed by atoms with Crippen LogP contribution >= 0.6 is 0 Å². The molecule has 106 valence electrons. The Labute approximate surface area is 114 Å². The summed E-state index contributed by atoms with van der Waals surface area (Å²) in [5.74, 6) is 0.991. The van der Waals surface area contributed by atoms with Crippen LogP contribution in [-0.4, -0.2) is 38.6 Å². The van der Waals surface area contributed by atoms with Crippen LogP contribution in [0.5, 0.6) is 0 Å². The van der Waals surface area contributed by atoms with E-state index in [-0.39, 0.29) is 0 Å². The predicted octanol–water partition coefficient (Wildman–Crippen LogP) is 3.28. The van der Waals surface area contributed by atoms with Gasteiger partial charge in [-0.15, -0.1) is 0 Å². The highest BCUT2D eigenvalue weighted by molar-refractivity contribution is 4.87. The summed E-state index contributed by atoms with van der Waals surface area (Å²) in [6.07, 6.45) is 13.1. The van der Waals surface area contributed by atoms with Crippen LogP contribution in [0.2, 0.25) is 0 Å². The Bertz CT molecular complexity index is 222. The topological polar surface area (TPSA) is 15.3 Å². The van der Waals surface area contributed by atoms with Crippen molar-refractivity contribution in [2.24, 2.45) is 11.3 Å². The largest absolute Gasteiger partial charge is 0.319 e. The van der Waals surface area contributed by atoms with E-state index in [1.165, 1.54) is 77.4 Å². The van der Waals surface area contributed by atoms with Gasteiger partial charge < -0.3 is 10.2 Å². The van der Waals surface area contributed by atoms with Crippen molar-refractivity contribution >= 4 is 0 Å². The van der Waals surface area contributed by atoms with Crippen LogP contribution in [0.25, 0.3) is 0 Å². The van der Waals surface area contributed by atoms with Gasteiger partial charge in [0.1, 0.15) is 0 Å². The molecular weight excluding hydrogens is 220 g/mol. The van der Waals surface area contributed by atoms with Gasteiger partial charge in [-0.25, -0.2) is 0 Å². The Balaban J connectivity index is 1.82. The first-order valence-corrected chi connectivity index (χ1v) is 8.07. The summed E-state index contributed by atoms with van der Waals surface area (Å²) in [6.45, 7) is 3.86. The van der Waals surface area contributed by atoms with Crippen molar-refractivity contribution in [1.82, 2.24) is 10.2 Å². The van der Waals surface area contributed by atoms with E-state index in [0.717, 1.165) is 5.92 Å². The molecule has 0 aliphatic heterocycles. The van der Waals surface area contributed by atoms with E-state index in [9.17, 15) is 0 Å². The van der Waals surface area contributed by atoms with Crippen LogP contribution in [-0.2, 0) is 0 Å². The van der Waals surface area contributed by atoms with Gasteiger partial charge in [-0.3, -0.25) is 0 Å². The van der Waals surface area contributed by atoms with Gasteiger partial charge in [0.05, 0.1) is 0 Å². The van der Waals surface area contributed by atoms with Gasteiger partial charge in [0, 0.05) is 19.6 Å². The highest BCUT2D eigenvalue weighted by atomic mass is 15.1. The third-order valence-corrected chi connectivity index (χ3v) is 5.12. The van der Waals surface area contributed by atoms with Crippen molar-refractivity contribution in [1.29, 1.82) is 0 Å². The SMILES string of the molecule is CNCC1(CN(C)CC2CCCC2)CCCCC1. The van der Waals surface area contributed by atoms with Crippen LogP contribution in [0.1, 0.15) is 57.8 Å². The number of nitrogens with one attached hydrogen (secondary N) is 1. The average molecular weight is 252 g/mol. The van der Waals surface area contributed by atoms with Crippen molar-refractivity contribution in [2.45, 2.75) is 57.8 Å². The molecule has 2 fully saturated rings. The van der Waals surface area contributed by atoms with E-state index in [1.807, 2.05) is 0 Å². The first-order chi connectivity index (χ1) is 8.74. The zero-order chi connectivity index (χ0) is 12.8. The molecule has 2 nitrogen and oxygen atoms in total. The second-order valence-electron chi connectivity index (χ2n) is 6.94. The summed E-state index contributed by atoms with van der Waals surface area (Å²) in [6, 6.07) is 0. The monoisotopic (exact) mass is 252 g/mol. The maximum absolute atomic E-state index is 3.45. The minimum Gasteiger partial charge on any atom is -0.319 e. The quantitative estimate of drug-likeness (QED) is 0.780. The number of hydrogen-bond donors (Lipinski definition) is 1. The molecule has 0 aromatic heterocycles. The Kier molecular flexibility index (Phi) is 5.50. The summed E-state index contributed by atoms with van der Waals surface area (Å²) in [5.41, 5.74) is 0.570. The summed E-state index contributed by atoms with van der Waals surface area (Å²) < 4.78 is 0. The average Bonchev–Trinajstić information content (AvgIpc) is 2.83. The van der Waals surface area contributed by atoms with Crippen molar-refractivity contribution in [3.05, 3.63) is 0 Å². The molecule has 2 aliphatic rings. The van der Waals surface area contributed by atoms with Gasteiger partial charge in [-0.1, -0.05) is 32.1 Å². The normalized spacial score (nSPS) is 24.8. The molecule has 2 aliphatic carbocycles. The predicted molar refractivity (Wildman–Crippen MR) is 78.9 cm³/mol. The fourth-order valence-corrected chi connectivity index (χ4v) is 4.34. The van der Waals surface area contributed by atoms with E-state index in [2.05, 4.69) is 24.3 Å². The van der Waals surface area contributed by atoms with Gasteiger partial charge in [-0.2, -0.15) is 0 Å². The number of hydrogen-bond acceptors (Lipinski definition) is 2. The number of nitrogens with zero attached hydrogens (tertiary/aromatic N) is 1. The van der Waals surface area contributed by atoms with Crippen LogP contribution in [0.4, 0.5) is 0 Å². The lowest BCUT2D eigenvalue weighted by Crippen LogP contribution is -2.44. The Morgan fingerprint density at radius 2 is 1.72 bits per heavy atom.